The van der Waals surface area contributed by atoms with E-state index in [0.717, 1.165) is 12.8 Å². The van der Waals surface area contributed by atoms with Crippen molar-refractivity contribution in [3.63, 3.8) is 0 Å². The number of carbonyl (C=O) groups is 3. The molecule has 0 aromatic heterocycles. The van der Waals surface area contributed by atoms with Crippen molar-refractivity contribution >= 4 is 23.4 Å². The van der Waals surface area contributed by atoms with Gasteiger partial charge >= 0.3 is 0 Å². The summed E-state index contributed by atoms with van der Waals surface area (Å²) in [5.74, 6) is -1.08. The average molecular weight is 413 g/mol. The van der Waals surface area contributed by atoms with Crippen molar-refractivity contribution in [3.05, 3.63) is 59.9 Å². The van der Waals surface area contributed by atoms with E-state index in [9.17, 15) is 18.8 Å². The summed E-state index contributed by atoms with van der Waals surface area (Å²) < 4.78 is 19.0. The third-order valence-corrected chi connectivity index (χ3v) is 4.58. The first-order valence-corrected chi connectivity index (χ1v) is 9.82. The van der Waals surface area contributed by atoms with E-state index in [1.165, 1.54) is 25.1 Å². The summed E-state index contributed by atoms with van der Waals surface area (Å²) >= 11 is 0. The lowest BCUT2D eigenvalue weighted by Crippen LogP contribution is -2.35. The van der Waals surface area contributed by atoms with Crippen LogP contribution in [-0.4, -0.2) is 36.9 Å². The second-order valence-electron chi connectivity index (χ2n) is 7.08. The topological polar surface area (TPSA) is 96.5 Å². The molecule has 7 nitrogen and oxygen atoms in total. The molecule has 0 aliphatic heterocycles. The van der Waals surface area contributed by atoms with Crippen molar-refractivity contribution in [3.8, 4) is 5.75 Å². The summed E-state index contributed by atoms with van der Waals surface area (Å²) in [6.07, 6.45) is 0.972. The first-order chi connectivity index (χ1) is 14.4. The number of ether oxygens (including phenoxy) is 1. The minimum absolute atomic E-state index is 0.000454. The molecule has 158 valence electrons. The van der Waals surface area contributed by atoms with Gasteiger partial charge in [0.1, 0.15) is 0 Å². The van der Waals surface area contributed by atoms with Crippen LogP contribution < -0.4 is 20.7 Å². The zero-order chi connectivity index (χ0) is 21.5. The number of rotatable bonds is 9. The third kappa shape index (κ3) is 6.04. The Morgan fingerprint density at radius 2 is 1.70 bits per heavy atom. The van der Waals surface area contributed by atoms with Crippen LogP contribution in [0.4, 0.5) is 10.1 Å². The predicted molar refractivity (Wildman–Crippen MR) is 110 cm³/mol. The standard InChI is InChI=1S/C22H24FN3O4/c1-14(30-19-5-3-2-4-18(19)23)20(27)26-17-10-8-16(9-11-17)22(29)25-13-12-24-21(28)15-6-7-15/h2-5,8-11,14-15H,6-7,12-13H2,1H3,(H,24,28)(H,25,29)(H,26,27). The highest BCUT2D eigenvalue weighted by atomic mass is 19.1. The van der Waals surface area contributed by atoms with Gasteiger partial charge < -0.3 is 20.7 Å². The van der Waals surface area contributed by atoms with Crippen molar-refractivity contribution in [1.29, 1.82) is 0 Å². The molecule has 0 heterocycles. The minimum atomic E-state index is -0.907. The Bertz CT molecular complexity index is 913. The van der Waals surface area contributed by atoms with Crippen molar-refractivity contribution < 1.29 is 23.5 Å². The lowest BCUT2D eigenvalue weighted by molar-refractivity contribution is -0.122. The van der Waals surface area contributed by atoms with E-state index in [1.807, 2.05) is 0 Å². The highest BCUT2D eigenvalue weighted by molar-refractivity contribution is 5.96. The lowest BCUT2D eigenvalue weighted by Gasteiger charge is -2.15. The van der Waals surface area contributed by atoms with Gasteiger partial charge in [-0.2, -0.15) is 0 Å². The Balaban J connectivity index is 1.43. The van der Waals surface area contributed by atoms with Crippen molar-refractivity contribution in [1.82, 2.24) is 10.6 Å². The van der Waals surface area contributed by atoms with Gasteiger partial charge in [-0.25, -0.2) is 4.39 Å². The SMILES string of the molecule is CC(Oc1ccccc1F)C(=O)Nc1ccc(C(=O)NCCNC(=O)C2CC2)cc1. The highest BCUT2D eigenvalue weighted by Crippen LogP contribution is 2.28. The van der Waals surface area contributed by atoms with Gasteiger partial charge in [-0.05, 0) is 56.2 Å². The number of halogens is 1. The quantitative estimate of drug-likeness (QED) is 0.551. The lowest BCUT2D eigenvalue weighted by atomic mass is 10.2. The van der Waals surface area contributed by atoms with Crippen LogP contribution >= 0.6 is 0 Å². The maximum Gasteiger partial charge on any atom is 0.265 e. The molecule has 0 radical (unpaired) electrons. The smallest absolute Gasteiger partial charge is 0.265 e. The fourth-order valence-electron chi connectivity index (χ4n) is 2.69. The van der Waals surface area contributed by atoms with Gasteiger partial charge in [-0.3, -0.25) is 14.4 Å². The summed E-state index contributed by atoms with van der Waals surface area (Å²) in [6, 6.07) is 12.2. The molecule has 1 saturated carbocycles. The Morgan fingerprint density at radius 3 is 2.37 bits per heavy atom. The largest absolute Gasteiger partial charge is 0.478 e. The van der Waals surface area contributed by atoms with E-state index in [1.54, 1.807) is 30.3 Å². The van der Waals surface area contributed by atoms with E-state index in [4.69, 9.17) is 4.74 Å². The van der Waals surface area contributed by atoms with Gasteiger partial charge in [-0.1, -0.05) is 12.1 Å². The minimum Gasteiger partial charge on any atom is -0.478 e. The normalized spacial score (nSPS) is 13.8. The summed E-state index contributed by atoms with van der Waals surface area (Å²) in [6.45, 7) is 2.24. The van der Waals surface area contributed by atoms with Crippen LogP contribution in [0.3, 0.4) is 0 Å². The third-order valence-electron chi connectivity index (χ3n) is 4.58. The van der Waals surface area contributed by atoms with Crippen LogP contribution in [0.1, 0.15) is 30.1 Å². The molecule has 1 fully saturated rings. The molecule has 1 aliphatic rings. The Labute approximate surface area is 174 Å². The Kier molecular flexibility index (Phi) is 7.00. The highest BCUT2D eigenvalue weighted by Gasteiger charge is 2.29. The second-order valence-corrected chi connectivity index (χ2v) is 7.08. The molecule has 8 heteroatoms. The van der Waals surface area contributed by atoms with E-state index >= 15 is 0 Å². The van der Waals surface area contributed by atoms with Crippen LogP contribution in [0, 0.1) is 11.7 Å². The number of hydrogen-bond acceptors (Lipinski definition) is 4. The molecule has 30 heavy (non-hydrogen) atoms. The number of hydrogen-bond donors (Lipinski definition) is 3. The van der Waals surface area contributed by atoms with Crippen LogP contribution in [0.2, 0.25) is 0 Å². The van der Waals surface area contributed by atoms with Gasteiger partial charge in [-0.15, -0.1) is 0 Å². The Hall–Kier alpha value is -3.42. The molecular weight excluding hydrogens is 389 g/mol. The number of para-hydroxylation sites is 1. The summed E-state index contributed by atoms with van der Waals surface area (Å²) in [7, 11) is 0. The number of amides is 3. The van der Waals surface area contributed by atoms with Gasteiger partial charge in [0.15, 0.2) is 17.7 Å². The van der Waals surface area contributed by atoms with Gasteiger partial charge in [0.25, 0.3) is 11.8 Å². The van der Waals surface area contributed by atoms with E-state index in [0.29, 0.717) is 24.3 Å². The molecule has 0 bridgehead atoms. The summed E-state index contributed by atoms with van der Waals surface area (Å²) in [4.78, 5) is 35.9. The fourth-order valence-corrected chi connectivity index (χ4v) is 2.69. The Morgan fingerprint density at radius 1 is 1.03 bits per heavy atom. The molecule has 2 aromatic rings. The van der Waals surface area contributed by atoms with Crippen molar-refractivity contribution in [2.24, 2.45) is 5.92 Å². The molecule has 0 spiro atoms. The zero-order valence-corrected chi connectivity index (χ0v) is 16.6. The van der Waals surface area contributed by atoms with Crippen molar-refractivity contribution in [2.45, 2.75) is 25.9 Å². The molecule has 1 atom stereocenters. The van der Waals surface area contributed by atoms with Crippen LogP contribution in [0.15, 0.2) is 48.5 Å². The number of nitrogens with one attached hydrogen (secondary N) is 3. The summed E-state index contributed by atoms with van der Waals surface area (Å²) in [5.41, 5.74) is 0.911. The molecule has 1 aliphatic carbocycles. The van der Waals surface area contributed by atoms with Gasteiger partial charge in [0.2, 0.25) is 5.91 Å². The molecule has 3 amide bonds. The molecule has 1 unspecified atom stereocenters. The first-order valence-electron chi connectivity index (χ1n) is 9.82. The second kappa shape index (κ2) is 9.87. The van der Waals surface area contributed by atoms with Gasteiger partial charge in [0, 0.05) is 30.3 Å². The number of benzene rings is 2. The summed E-state index contributed by atoms with van der Waals surface area (Å²) in [5, 5.41) is 8.17. The molecular formula is C22H24FN3O4. The average Bonchev–Trinajstić information content (AvgIpc) is 3.58. The number of carbonyl (C=O) groups excluding carboxylic acids is 3. The van der Waals surface area contributed by atoms with Crippen LogP contribution in [-0.2, 0) is 9.59 Å². The van der Waals surface area contributed by atoms with E-state index in [2.05, 4.69) is 16.0 Å². The monoisotopic (exact) mass is 413 g/mol. The molecule has 3 N–H and O–H groups in total. The van der Waals surface area contributed by atoms with E-state index in [-0.39, 0.29) is 23.5 Å². The van der Waals surface area contributed by atoms with E-state index < -0.39 is 17.8 Å². The molecule has 3 rings (SSSR count). The predicted octanol–water partition coefficient (Wildman–Crippen LogP) is 2.49. The molecule has 0 saturated heterocycles. The van der Waals surface area contributed by atoms with Crippen molar-refractivity contribution in [2.75, 3.05) is 18.4 Å². The first kappa shape index (κ1) is 21.3. The van der Waals surface area contributed by atoms with Crippen LogP contribution in [0.25, 0.3) is 0 Å². The zero-order valence-electron chi connectivity index (χ0n) is 16.6. The van der Waals surface area contributed by atoms with Gasteiger partial charge in [0.05, 0.1) is 0 Å². The van der Waals surface area contributed by atoms with Crippen LogP contribution in [0.5, 0.6) is 5.75 Å². The maximum atomic E-state index is 13.6. The number of anilines is 1. The fraction of sp³-hybridized carbons (Fsp3) is 0.318. The molecule has 2 aromatic carbocycles. The maximum absolute atomic E-state index is 13.6.